The van der Waals surface area contributed by atoms with Crippen LogP contribution in [0.3, 0.4) is 0 Å². The molecule has 0 saturated carbocycles. The van der Waals surface area contributed by atoms with Gasteiger partial charge in [0.1, 0.15) is 17.1 Å². The predicted octanol–water partition coefficient (Wildman–Crippen LogP) is -0.360. The summed E-state index contributed by atoms with van der Waals surface area (Å²) in [4.78, 5) is 66.8. The van der Waals surface area contributed by atoms with E-state index in [2.05, 4.69) is 26.2 Å². The maximum atomic E-state index is 13.7. The van der Waals surface area contributed by atoms with E-state index in [0.29, 0.717) is 36.5 Å². The van der Waals surface area contributed by atoms with E-state index in [1.54, 1.807) is 7.05 Å². The number of nitrogens with one attached hydrogen (secondary N) is 2. The zero-order chi connectivity index (χ0) is 36.1. The minimum atomic E-state index is -1.76. The van der Waals surface area contributed by atoms with Gasteiger partial charge in [0.2, 0.25) is 23.8 Å². The molecular formula is C28H43ClN10O8S3. The van der Waals surface area contributed by atoms with Gasteiger partial charge in [0, 0.05) is 25.7 Å². The highest BCUT2D eigenvalue weighted by Gasteiger charge is 2.66. The Morgan fingerprint density at radius 2 is 1.98 bits per heavy atom. The van der Waals surface area contributed by atoms with Crippen molar-refractivity contribution in [2.45, 2.75) is 67.9 Å². The largest absolute Gasteiger partial charge is 0.426 e. The normalized spacial score (nSPS) is 19.4. The molecule has 0 aromatic carbocycles. The van der Waals surface area contributed by atoms with Crippen molar-refractivity contribution in [1.29, 1.82) is 5.26 Å². The zero-order valence-corrected chi connectivity index (χ0v) is 31.4. The lowest BCUT2D eigenvalue weighted by molar-refractivity contribution is -0.193. The van der Waals surface area contributed by atoms with Gasteiger partial charge in [-0.25, -0.2) is 14.3 Å². The fourth-order valence-corrected chi connectivity index (χ4v) is 7.79. The lowest BCUT2D eigenvalue weighted by Crippen LogP contribution is -2.80. The highest BCUT2D eigenvalue weighted by Crippen LogP contribution is 2.47. The van der Waals surface area contributed by atoms with Gasteiger partial charge >= 0.3 is 11.9 Å². The quantitative estimate of drug-likeness (QED) is 0.0433. The van der Waals surface area contributed by atoms with Crippen molar-refractivity contribution in [2.75, 3.05) is 43.5 Å². The van der Waals surface area contributed by atoms with E-state index in [4.69, 9.17) is 30.9 Å². The minimum Gasteiger partial charge on any atom is -0.426 e. The Morgan fingerprint density at radius 1 is 1.24 bits per heavy atom. The lowest BCUT2D eigenvalue weighted by atomic mass is 9.98. The van der Waals surface area contributed by atoms with Gasteiger partial charge in [-0.3, -0.25) is 19.3 Å². The van der Waals surface area contributed by atoms with Crippen molar-refractivity contribution in [3.05, 3.63) is 11.3 Å². The van der Waals surface area contributed by atoms with E-state index < -0.39 is 59.6 Å². The lowest BCUT2D eigenvalue weighted by Gasteiger charge is -2.56. The summed E-state index contributed by atoms with van der Waals surface area (Å²) in [6.45, 7) is 3.43. The molecule has 0 bridgehead atoms. The number of hydrogen-bond acceptors (Lipinski definition) is 17. The van der Waals surface area contributed by atoms with Gasteiger partial charge in [0.05, 0.1) is 23.6 Å². The fourth-order valence-electron chi connectivity index (χ4n) is 4.92. The van der Waals surface area contributed by atoms with Crippen LogP contribution in [0.25, 0.3) is 0 Å². The van der Waals surface area contributed by atoms with Crippen molar-refractivity contribution >= 4 is 77.4 Å². The molecule has 278 valence electrons. The monoisotopic (exact) mass is 778 g/mol. The standard InChI is InChI=1S/C28H42N10O8S3.ClH/c1-16(2)11-18(31)22(40)32-19(7-5-6-8-29)23(41)45-15-46-24(42)21-17(13-49-27-34-35-36-37(27)3)12-48-26-28(44-4,25(43)38(21)26)33-20(39)14-47-10-9-30;/h16,18-19,26H,5-8,10-15,29,31H2,1-4H3,(H,32,40)(H,33,39);1H/t18-,19-,26+,28-;/m0./s1. The Balaban J connectivity index is 0.00000867. The number of unbranched alkanes of at least 4 members (excludes halogenated alkanes) is 1. The number of methoxy groups -OCH3 is 1. The molecule has 0 unspecified atom stereocenters. The number of aryl methyl sites for hydroxylation is 1. The Bertz CT molecular complexity index is 1440. The summed E-state index contributed by atoms with van der Waals surface area (Å²) in [5.41, 5.74) is 10.2. The summed E-state index contributed by atoms with van der Waals surface area (Å²) < 4.78 is 17.6. The number of amides is 3. The van der Waals surface area contributed by atoms with Gasteiger partial charge in [0.15, 0.2) is 0 Å². The average Bonchev–Trinajstić information content (AvgIpc) is 3.48. The van der Waals surface area contributed by atoms with Crippen LogP contribution in [-0.4, -0.2) is 121 Å². The van der Waals surface area contributed by atoms with Gasteiger partial charge in [-0.1, -0.05) is 25.6 Å². The zero-order valence-electron chi connectivity index (χ0n) is 28.1. The number of fused-ring (bicyclic) bond motifs is 1. The molecule has 3 heterocycles. The molecule has 3 amide bonds. The van der Waals surface area contributed by atoms with E-state index in [9.17, 15) is 24.0 Å². The van der Waals surface area contributed by atoms with Gasteiger partial charge in [-0.15, -0.1) is 41.0 Å². The molecule has 1 aromatic rings. The molecule has 4 atom stereocenters. The van der Waals surface area contributed by atoms with E-state index in [-0.39, 0.29) is 53.5 Å². The van der Waals surface area contributed by atoms with Crippen LogP contribution >= 0.6 is 47.7 Å². The minimum absolute atomic E-state index is 0. The van der Waals surface area contributed by atoms with Crippen molar-refractivity contribution in [2.24, 2.45) is 24.4 Å². The third-order valence-electron chi connectivity index (χ3n) is 7.31. The summed E-state index contributed by atoms with van der Waals surface area (Å²) in [7, 11) is 2.92. The third kappa shape index (κ3) is 10.9. The molecule has 1 aromatic heterocycles. The van der Waals surface area contributed by atoms with Gasteiger partial charge < -0.3 is 36.3 Å². The number of carbonyl (C=O) groups excluding carboxylic acids is 5. The van der Waals surface area contributed by atoms with Gasteiger partial charge in [-0.2, -0.15) is 5.26 Å². The fraction of sp³-hybridized carbons (Fsp3) is 0.679. The number of hydrogen-bond donors (Lipinski definition) is 4. The number of nitrogens with zero attached hydrogens (tertiary/aromatic N) is 6. The maximum absolute atomic E-state index is 13.7. The smallest absolute Gasteiger partial charge is 0.357 e. The first kappa shape index (κ1) is 43.0. The first-order valence-electron chi connectivity index (χ1n) is 15.3. The Kier molecular flexibility index (Phi) is 17.8. The second-order valence-corrected chi connectivity index (χ2v) is 14.4. The number of aromatic nitrogens is 4. The number of tetrazole rings is 1. The molecule has 6 N–H and O–H groups in total. The second-order valence-electron chi connectivity index (χ2n) is 11.4. The van der Waals surface area contributed by atoms with Gasteiger partial charge in [-0.05, 0) is 54.1 Å². The predicted molar refractivity (Wildman–Crippen MR) is 187 cm³/mol. The molecule has 0 spiro atoms. The number of ether oxygens (including phenoxy) is 3. The molecule has 2 aliphatic rings. The number of rotatable bonds is 20. The number of carbonyl (C=O) groups is 5. The number of nitrogens with two attached hydrogens (primary N) is 2. The average molecular weight is 779 g/mol. The highest BCUT2D eigenvalue weighted by molar-refractivity contribution is 8.01. The number of nitriles is 1. The van der Waals surface area contributed by atoms with E-state index in [1.165, 1.54) is 40.2 Å². The number of halogens is 1. The van der Waals surface area contributed by atoms with Crippen LogP contribution in [-0.2, 0) is 45.2 Å². The summed E-state index contributed by atoms with van der Waals surface area (Å²) >= 11 is 3.57. The topological polar surface area (TPSA) is 260 Å². The van der Waals surface area contributed by atoms with Crippen LogP contribution in [0.2, 0.25) is 0 Å². The Labute approximate surface area is 308 Å². The van der Waals surface area contributed by atoms with Crippen molar-refractivity contribution in [1.82, 2.24) is 35.7 Å². The van der Waals surface area contributed by atoms with Crippen molar-refractivity contribution in [3.63, 3.8) is 0 Å². The van der Waals surface area contributed by atoms with Crippen LogP contribution < -0.4 is 22.1 Å². The Hall–Kier alpha value is -3.13. The number of esters is 2. The van der Waals surface area contributed by atoms with Crippen LogP contribution in [0.5, 0.6) is 0 Å². The molecule has 1 saturated heterocycles. The van der Waals surface area contributed by atoms with Crippen molar-refractivity contribution in [3.8, 4) is 6.07 Å². The second kappa shape index (κ2) is 20.7. The van der Waals surface area contributed by atoms with E-state index >= 15 is 0 Å². The first-order valence-corrected chi connectivity index (χ1v) is 18.5. The summed E-state index contributed by atoms with van der Waals surface area (Å²) in [5, 5.41) is 25.0. The van der Waals surface area contributed by atoms with E-state index in [1.807, 2.05) is 19.9 Å². The van der Waals surface area contributed by atoms with Crippen LogP contribution in [0.15, 0.2) is 16.4 Å². The van der Waals surface area contributed by atoms with Gasteiger partial charge in [0.25, 0.3) is 11.6 Å². The van der Waals surface area contributed by atoms with Crippen LogP contribution in [0.1, 0.15) is 39.5 Å². The van der Waals surface area contributed by atoms with Crippen LogP contribution in [0.4, 0.5) is 0 Å². The molecule has 1 fully saturated rings. The molecule has 18 nitrogen and oxygen atoms in total. The molecule has 0 aliphatic carbocycles. The summed E-state index contributed by atoms with van der Waals surface area (Å²) in [5.74, 6) is -2.92. The maximum Gasteiger partial charge on any atom is 0.357 e. The first-order chi connectivity index (χ1) is 23.4. The molecule has 2 aliphatic heterocycles. The molecule has 0 radical (unpaired) electrons. The summed E-state index contributed by atoms with van der Waals surface area (Å²) in [6.07, 6.45) is 1.78. The Morgan fingerprint density at radius 3 is 2.60 bits per heavy atom. The van der Waals surface area contributed by atoms with Crippen molar-refractivity contribution < 1.29 is 38.2 Å². The third-order valence-corrected chi connectivity index (χ3v) is 10.6. The molecule has 50 heavy (non-hydrogen) atoms. The molecule has 22 heteroatoms. The highest BCUT2D eigenvalue weighted by atomic mass is 35.5. The van der Waals surface area contributed by atoms with E-state index in [0.717, 1.165) is 11.8 Å². The number of thioether (sulfide) groups is 3. The molecule has 3 rings (SSSR count). The number of β-lactam (4-membered cyclic amide) rings is 1. The summed E-state index contributed by atoms with van der Waals surface area (Å²) in [6, 6.07) is 0.0563. The SMILES string of the molecule is CO[C@@]1(NC(=O)CSCC#N)C(=O)N2C(C(=O)OCOC(=O)[C@H](CCCCN)NC(=O)[C@@H](N)CC(C)C)=C(CSc3nnnn3C)CS[C@@H]21.Cl. The molecular weight excluding hydrogens is 736 g/mol. The van der Waals surface area contributed by atoms with Crippen LogP contribution in [0, 0.1) is 17.2 Å².